The minimum absolute atomic E-state index is 0.106. The quantitative estimate of drug-likeness (QED) is 0.850. The number of hydrogen-bond donors (Lipinski definition) is 0. The largest absolute Gasteiger partial charge is 0.348 e. The van der Waals surface area contributed by atoms with Crippen molar-refractivity contribution in [1.29, 1.82) is 0 Å². The van der Waals surface area contributed by atoms with Crippen LogP contribution >= 0.6 is 0 Å². The Labute approximate surface area is 121 Å². The van der Waals surface area contributed by atoms with E-state index in [0.717, 1.165) is 30.8 Å². The van der Waals surface area contributed by atoms with Gasteiger partial charge in [0.05, 0.1) is 5.92 Å². The van der Waals surface area contributed by atoms with Crippen LogP contribution in [0.15, 0.2) is 18.2 Å². The minimum atomic E-state index is -0.188. The summed E-state index contributed by atoms with van der Waals surface area (Å²) in [6.45, 7) is 8.15. The summed E-state index contributed by atoms with van der Waals surface area (Å²) >= 11 is 0. The van der Waals surface area contributed by atoms with E-state index in [1.54, 1.807) is 25.1 Å². The van der Waals surface area contributed by atoms with Crippen LogP contribution in [0.1, 0.15) is 25.0 Å². The second-order valence-electron chi connectivity index (χ2n) is 5.26. The van der Waals surface area contributed by atoms with E-state index in [2.05, 4.69) is 4.90 Å². The molecule has 0 saturated carbocycles. The molecule has 2 rings (SSSR count). The van der Waals surface area contributed by atoms with E-state index in [0.29, 0.717) is 0 Å². The molecule has 3 nitrogen and oxygen atoms in total. The lowest BCUT2D eigenvalue weighted by molar-refractivity contribution is -0.138. The van der Waals surface area contributed by atoms with Crippen molar-refractivity contribution in [2.24, 2.45) is 5.92 Å². The lowest BCUT2D eigenvalue weighted by Gasteiger charge is -2.39. The van der Waals surface area contributed by atoms with Crippen LogP contribution in [-0.2, 0) is 11.3 Å². The molecule has 4 heteroatoms. The van der Waals surface area contributed by atoms with Crippen LogP contribution in [0.2, 0.25) is 0 Å². The van der Waals surface area contributed by atoms with Crippen LogP contribution in [0.4, 0.5) is 4.39 Å². The number of nitrogens with zero attached hydrogens (tertiary/aromatic N) is 2. The first kappa shape index (κ1) is 16.6. The Hall–Kier alpha value is -1.42. The second kappa shape index (κ2) is 7.39. The van der Waals surface area contributed by atoms with Crippen molar-refractivity contribution in [3.63, 3.8) is 0 Å². The molecular weight excluding hydrogens is 255 g/mol. The van der Waals surface area contributed by atoms with E-state index >= 15 is 0 Å². The molecule has 0 aliphatic carbocycles. The molecule has 0 radical (unpaired) electrons. The first-order valence-corrected chi connectivity index (χ1v) is 7.15. The number of amides is 1. The van der Waals surface area contributed by atoms with Crippen LogP contribution in [0, 0.1) is 18.7 Å². The van der Waals surface area contributed by atoms with Crippen LogP contribution in [-0.4, -0.2) is 42.9 Å². The molecular formula is C16H25FN2O. The summed E-state index contributed by atoms with van der Waals surface area (Å²) in [5.41, 5.74) is 1.91. The van der Waals surface area contributed by atoms with Crippen molar-refractivity contribution in [3.05, 3.63) is 35.1 Å². The SMILES string of the molecule is CC.Cc1cc(F)cc(CN2CC(C(=O)N(C)C)C2)c1. The Morgan fingerprint density at radius 3 is 2.40 bits per heavy atom. The maximum absolute atomic E-state index is 13.2. The number of hydrogen-bond acceptors (Lipinski definition) is 2. The van der Waals surface area contributed by atoms with Crippen molar-refractivity contribution in [2.45, 2.75) is 27.3 Å². The first-order valence-electron chi connectivity index (χ1n) is 7.15. The molecule has 1 saturated heterocycles. The van der Waals surface area contributed by atoms with Crippen molar-refractivity contribution in [1.82, 2.24) is 9.80 Å². The number of carbonyl (C=O) groups is 1. The summed E-state index contributed by atoms with van der Waals surface area (Å²) in [4.78, 5) is 15.5. The van der Waals surface area contributed by atoms with E-state index in [1.165, 1.54) is 6.07 Å². The summed E-state index contributed by atoms with van der Waals surface area (Å²) in [5.74, 6) is 0.0998. The van der Waals surface area contributed by atoms with Gasteiger partial charge in [0.15, 0.2) is 0 Å². The van der Waals surface area contributed by atoms with Crippen LogP contribution in [0.25, 0.3) is 0 Å². The molecule has 1 aromatic rings. The molecule has 1 fully saturated rings. The predicted octanol–water partition coefficient (Wildman–Crippen LogP) is 2.68. The summed E-state index contributed by atoms with van der Waals surface area (Å²) in [7, 11) is 3.56. The average molecular weight is 280 g/mol. The van der Waals surface area contributed by atoms with Gasteiger partial charge in [0.2, 0.25) is 5.91 Å². The van der Waals surface area contributed by atoms with Gasteiger partial charge < -0.3 is 4.90 Å². The fraction of sp³-hybridized carbons (Fsp3) is 0.562. The van der Waals surface area contributed by atoms with Crippen molar-refractivity contribution < 1.29 is 9.18 Å². The zero-order chi connectivity index (χ0) is 15.3. The van der Waals surface area contributed by atoms with Crippen LogP contribution in [0.5, 0.6) is 0 Å². The Balaban J connectivity index is 0.000000956. The average Bonchev–Trinajstić information content (AvgIpc) is 2.33. The van der Waals surface area contributed by atoms with Crippen LogP contribution in [0.3, 0.4) is 0 Å². The number of rotatable bonds is 3. The fourth-order valence-electron chi connectivity index (χ4n) is 2.38. The van der Waals surface area contributed by atoms with E-state index in [-0.39, 0.29) is 17.6 Å². The van der Waals surface area contributed by atoms with Gasteiger partial charge in [0.25, 0.3) is 0 Å². The van der Waals surface area contributed by atoms with Gasteiger partial charge >= 0.3 is 0 Å². The highest BCUT2D eigenvalue weighted by atomic mass is 19.1. The standard InChI is InChI=1S/C14H19FN2O.C2H6/c1-10-4-11(6-13(15)5-10)7-17-8-12(9-17)14(18)16(2)3;1-2/h4-6,12H,7-9H2,1-3H3;1-2H3. The molecule has 1 amide bonds. The fourth-order valence-corrected chi connectivity index (χ4v) is 2.38. The zero-order valence-corrected chi connectivity index (χ0v) is 13.1. The molecule has 0 bridgehead atoms. The lowest BCUT2D eigenvalue weighted by atomic mass is 9.97. The van der Waals surface area contributed by atoms with Crippen molar-refractivity contribution in [2.75, 3.05) is 27.2 Å². The topological polar surface area (TPSA) is 23.6 Å². The van der Waals surface area contributed by atoms with Gasteiger partial charge in [0, 0.05) is 33.7 Å². The third-order valence-electron chi connectivity index (χ3n) is 3.26. The molecule has 0 N–H and O–H groups in total. The van der Waals surface area contributed by atoms with Gasteiger partial charge in [-0.2, -0.15) is 0 Å². The number of carbonyl (C=O) groups excluding carboxylic acids is 1. The van der Waals surface area contributed by atoms with Gasteiger partial charge in [-0.3, -0.25) is 9.69 Å². The minimum Gasteiger partial charge on any atom is -0.348 e. The Bertz CT molecular complexity index is 434. The monoisotopic (exact) mass is 280 g/mol. The Morgan fingerprint density at radius 2 is 1.90 bits per heavy atom. The number of halogens is 1. The third-order valence-corrected chi connectivity index (χ3v) is 3.26. The highest BCUT2D eigenvalue weighted by molar-refractivity contribution is 5.79. The van der Waals surface area contributed by atoms with E-state index in [4.69, 9.17) is 0 Å². The number of benzene rings is 1. The Morgan fingerprint density at radius 1 is 1.30 bits per heavy atom. The molecule has 1 aromatic carbocycles. The highest BCUT2D eigenvalue weighted by Crippen LogP contribution is 2.21. The summed E-state index contributed by atoms with van der Waals surface area (Å²) in [6.07, 6.45) is 0. The molecule has 20 heavy (non-hydrogen) atoms. The summed E-state index contributed by atoms with van der Waals surface area (Å²) in [6, 6.07) is 5.08. The molecule has 112 valence electrons. The van der Waals surface area contributed by atoms with E-state index < -0.39 is 0 Å². The maximum Gasteiger partial charge on any atom is 0.227 e. The van der Waals surface area contributed by atoms with Gasteiger partial charge in [-0.25, -0.2) is 4.39 Å². The number of likely N-dealkylation sites (tertiary alicyclic amines) is 1. The smallest absolute Gasteiger partial charge is 0.227 e. The Kier molecular flexibility index (Phi) is 6.14. The summed E-state index contributed by atoms with van der Waals surface area (Å²) < 4.78 is 13.2. The second-order valence-corrected chi connectivity index (χ2v) is 5.26. The normalized spacial score (nSPS) is 15.1. The van der Waals surface area contributed by atoms with Gasteiger partial charge in [0.1, 0.15) is 5.82 Å². The maximum atomic E-state index is 13.2. The lowest BCUT2D eigenvalue weighted by Crippen LogP contribution is -2.52. The van der Waals surface area contributed by atoms with Crippen LogP contribution < -0.4 is 0 Å². The van der Waals surface area contributed by atoms with Crippen molar-refractivity contribution >= 4 is 5.91 Å². The predicted molar refractivity (Wildman–Crippen MR) is 79.9 cm³/mol. The molecule has 0 atom stereocenters. The molecule has 0 aromatic heterocycles. The molecule has 1 aliphatic rings. The van der Waals surface area contributed by atoms with E-state index in [1.807, 2.05) is 26.8 Å². The summed E-state index contributed by atoms with van der Waals surface area (Å²) in [5, 5.41) is 0. The third kappa shape index (κ3) is 4.30. The van der Waals surface area contributed by atoms with Gasteiger partial charge in [-0.05, 0) is 30.2 Å². The molecule has 1 aliphatic heterocycles. The molecule has 1 heterocycles. The van der Waals surface area contributed by atoms with Gasteiger partial charge in [-0.1, -0.05) is 19.9 Å². The van der Waals surface area contributed by atoms with Crippen molar-refractivity contribution in [3.8, 4) is 0 Å². The molecule has 0 spiro atoms. The highest BCUT2D eigenvalue weighted by Gasteiger charge is 2.33. The number of aryl methyl sites for hydroxylation is 1. The van der Waals surface area contributed by atoms with E-state index in [9.17, 15) is 9.18 Å². The molecule has 0 unspecified atom stereocenters. The van der Waals surface area contributed by atoms with Gasteiger partial charge in [-0.15, -0.1) is 0 Å². The zero-order valence-electron chi connectivity index (χ0n) is 13.1. The first-order chi connectivity index (χ1) is 9.45.